The topological polar surface area (TPSA) is 86.3 Å². The summed E-state index contributed by atoms with van der Waals surface area (Å²) in [5.41, 5.74) is 2.31. The molecule has 1 amide bonds. The molecule has 0 radical (unpaired) electrons. The molecule has 1 aliphatic heterocycles. The fourth-order valence-electron chi connectivity index (χ4n) is 4.39. The summed E-state index contributed by atoms with van der Waals surface area (Å²) in [5, 5.41) is 10.9. The normalized spacial score (nSPS) is 17.7. The number of halogens is 1. The van der Waals surface area contributed by atoms with Gasteiger partial charge in [0, 0.05) is 23.6 Å². The minimum Gasteiger partial charge on any atom is -0.378 e. The third kappa shape index (κ3) is 3.46. The minimum atomic E-state index is -1.37. The third-order valence-electron chi connectivity index (χ3n) is 6.34. The van der Waals surface area contributed by atoms with Crippen molar-refractivity contribution in [1.82, 2.24) is 14.9 Å². The van der Waals surface area contributed by atoms with Crippen LogP contribution >= 0.6 is 11.6 Å². The molecule has 2 aromatic carbocycles. The predicted octanol–water partition coefficient (Wildman–Crippen LogP) is 3.12. The Labute approximate surface area is 184 Å². The number of rotatable bonds is 4. The van der Waals surface area contributed by atoms with Gasteiger partial charge in [-0.1, -0.05) is 60.1 Å². The van der Waals surface area contributed by atoms with Crippen LogP contribution in [0.4, 0.5) is 0 Å². The van der Waals surface area contributed by atoms with Crippen LogP contribution in [0.2, 0.25) is 5.02 Å². The van der Waals surface area contributed by atoms with Crippen LogP contribution in [0.1, 0.15) is 47.2 Å². The number of aliphatic hydroxyl groups excluding tert-OH is 1. The van der Waals surface area contributed by atoms with Crippen LogP contribution in [-0.4, -0.2) is 32.4 Å². The highest BCUT2D eigenvalue weighted by atomic mass is 35.5. The molecule has 2 N–H and O–H groups in total. The molecule has 0 spiro atoms. The van der Waals surface area contributed by atoms with E-state index < -0.39 is 12.0 Å². The van der Waals surface area contributed by atoms with Crippen molar-refractivity contribution in [2.75, 3.05) is 6.54 Å². The largest absolute Gasteiger partial charge is 0.378 e. The van der Waals surface area contributed by atoms with E-state index in [2.05, 4.69) is 17.1 Å². The third-order valence-corrected chi connectivity index (χ3v) is 6.69. The molecule has 0 saturated heterocycles. The number of aromatic amines is 1. The van der Waals surface area contributed by atoms with Crippen molar-refractivity contribution in [3.63, 3.8) is 0 Å². The number of carbonyl (C=O) groups excluding carboxylic acids is 1. The van der Waals surface area contributed by atoms with Gasteiger partial charge in [-0.2, -0.15) is 0 Å². The second-order valence-electron chi connectivity index (χ2n) is 8.22. The number of hydrogen-bond donors (Lipinski definition) is 2. The maximum atomic E-state index is 12.9. The summed E-state index contributed by atoms with van der Waals surface area (Å²) < 4.78 is 0. The highest BCUT2D eigenvalue weighted by Crippen LogP contribution is 2.51. The van der Waals surface area contributed by atoms with Gasteiger partial charge in [-0.3, -0.25) is 9.59 Å². The zero-order valence-corrected chi connectivity index (χ0v) is 17.6. The first-order chi connectivity index (χ1) is 15.0. The van der Waals surface area contributed by atoms with Crippen molar-refractivity contribution in [2.24, 2.45) is 0 Å². The van der Waals surface area contributed by atoms with E-state index in [-0.39, 0.29) is 17.5 Å². The fraction of sp³-hybridized carbons (Fsp3) is 0.292. The summed E-state index contributed by atoms with van der Waals surface area (Å²) >= 11 is 6.13. The van der Waals surface area contributed by atoms with E-state index in [1.165, 1.54) is 4.90 Å². The zero-order chi connectivity index (χ0) is 21.6. The van der Waals surface area contributed by atoms with Crippen molar-refractivity contribution in [3.8, 4) is 0 Å². The minimum absolute atomic E-state index is 0.122. The molecule has 158 valence electrons. The van der Waals surface area contributed by atoms with Gasteiger partial charge in [0.05, 0.1) is 23.2 Å². The maximum absolute atomic E-state index is 12.9. The highest BCUT2D eigenvalue weighted by Gasteiger charge is 2.48. The molecule has 0 bridgehead atoms. The number of carbonyl (C=O) groups is 1. The van der Waals surface area contributed by atoms with Gasteiger partial charge >= 0.3 is 0 Å². The molecular weight excluding hydrogens is 414 g/mol. The van der Waals surface area contributed by atoms with E-state index in [0.717, 1.165) is 24.1 Å². The summed E-state index contributed by atoms with van der Waals surface area (Å²) in [6, 6.07) is 16.8. The molecule has 31 heavy (non-hydrogen) atoms. The standard InChI is InChI=1S/C24H22ClN3O3/c25-18-9-5-4-8-16(18)20(29)22(31)28-13-10-19-17(14-28)21(30)27-23(26-19)24(11-12-24)15-6-2-1-3-7-15/h1-9,20,29H,10-14H2,(H,26,27,30)/t20-/m1/s1. The average Bonchev–Trinajstić information content (AvgIpc) is 3.61. The van der Waals surface area contributed by atoms with Crippen LogP contribution in [0.25, 0.3) is 0 Å². The van der Waals surface area contributed by atoms with Gasteiger partial charge in [-0.15, -0.1) is 0 Å². The lowest BCUT2D eigenvalue weighted by Crippen LogP contribution is -2.42. The van der Waals surface area contributed by atoms with E-state index in [1.807, 2.05) is 18.2 Å². The molecule has 2 heterocycles. The lowest BCUT2D eigenvalue weighted by atomic mass is 9.94. The second-order valence-corrected chi connectivity index (χ2v) is 8.63. The second kappa shape index (κ2) is 7.62. The van der Waals surface area contributed by atoms with Crippen molar-refractivity contribution >= 4 is 17.5 Å². The Hall–Kier alpha value is -2.96. The monoisotopic (exact) mass is 435 g/mol. The highest BCUT2D eigenvalue weighted by molar-refractivity contribution is 6.31. The SMILES string of the molecule is O=C([C@H](O)c1ccccc1Cl)N1CCc2nc(C3(c4ccccc4)CC3)[nH]c(=O)c2C1. The first kappa shape index (κ1) is 20.0. The summed E-state index contributed by atoms with van der Waals surface area (Å²) in [6.07, 6.45) is 1.01. The van der Waals surface area contributed by atoms with E-state index in [0.29, 0.717) is 34.9 Å². The fourth-order valence-corrected chi connectivity index (χ4v) is 4.63. The number of aromatic nitrogens is 2. The molecule has 5 rings (SSSR count). The molecule has 7 heteroatoms. The van der Waals surface area contributed by atoms with Crippen molar-refractivity contribution in [3.05, 3.63) is 98.2 Å². The number of fused-ring (bicyclic) bond motifs is 1. The number of benzene rings is 2. The summed E-state index contributed by atoms with van der Waals surface area (Å²) in [7, 11) is 0. The molecule has 1 atom stereocenters. The van der Waals surface area contributed by atoms with Gasteiger partial charge in [0.1, 0.15) is 5.82 Å². The van der Waals surface area contributed by atoms with Crippen molar-refractivity contribution in [2.45, 2.75) is 37.3 Å². The Morgan fingerprint density at radius 1 is 1.13 bits per heavy atom. The molecule has 1 aromatic heterocycles. The molecule has 3 aromatic rings. The van der Waals surface area contributed by atoms with Crippen LogP contribution in [0, 0.1) is 0 Å². The van der Waals surface area contributed by atoms with Gasteiger partial charge < -0.3 is 15.0 Å². The molecule has 1 aliphatic carbocycles. The average molecular weight is 436 g/mol. The zero-order valence-electron chi connectivity index (χ0n) is 16.8. The lowest BCUT2D eigenvalue weighted by molar-refractivity contribution is -0.141. The van der Waals surface area contributed by atoms with E-state index in [1.54, 1.807) is 24.3 Å². The van der Waals surface area contributed by atoms with Crippen LogP contribution in [0.5, 0.6) is 0 Å². The number of nitrogens with zero attached hydrogens (tertiary/aromatic N) is 2. The van der Waals surface area contributed by atoms with E-state index in [9.17, 15) is 14.7 Å². The van der Waals surface area contributed by atoms with Gasteiger partial charge in [0.25, 0.3) is 11.5 Å². The van der Waals surface area contributed by atoms with Gasteiger partial charge in [0.2, 0.25) is 0 Å². The smallest absolute Gasteiger partial charge is 0.256 e. The number of H-pyrrole nitrogens is 1. The maximum Gasteiger partial charge on any atom is 0.256 e. The van der Waals surface area contributed by atoms with Crippen molar-refractivity contribution < 1.29 is 9.90 Å². The number of aliphatic hydroxyl groups is 1. The van der Waals surface area contributed by atoms with Crippen LogP contribution < -0.4 is 5.56 Å². The van der Waals surface area contributed by atoms with Crippen LogP contribution in [0.15, 0.2) is 59.4 Å². The Morgan fingerprint density at radius 3 is 2.55 bits per heavy atom. The predicted molar refractivity (Wildman–Crippen MR) is 117 cm³/mol. The van der Waals surface area contributed by atoms with Crippen molar-refractivity contribution in [1.29, 1.82) is 0 Å². The molecule has 2 aliphatic rings. The molecular formula is C24H22ClN3O3. The summed E-state index contributed by atoms with van der Waals surface area (Å²) in [6.45, 7) is 0.512. The number of nitrogens with one attached hydrogen (secondary N) is 1. The van der Waals surface area contributed by atoms with Gasteiger partial charge in [-0.25, -0.2) is 4.98 Å². The Kier molecular flexibility index (Phi) is 4.91. The Balaban J connectivity index is 1.41. The Morgan fingerprint density at radius 2 is 1.84 bits per heavy atom. The number of amides is 1. The molecule has 0 unspecified atom stereocenters. The quantitative estimate of drug-likeness (QED) is 0.659. The Bertz CT molecular complexity index is 1200. The molecule has 1 fully saturated rings. The van der Waals surface area contributed by atoms with Crippen LogP contribution in [-0.2, 0) is 23.2 Å². The lowest BCUT2D eigenvalue weighted by Gasteiger charge is -2.30. The first-order valence-corrected chi connectivity index (χ1v) is 10.8. The summed E-state index contributed by atoms with van der Waals surface area (Å²) in [5.74, 6) is 0.239. The van der Waals surface area contributed by atoms with Crippen LogP contribution in [0.3, 0.4) is 0 Å². The number of hydrogen-bond acceptors (Lipinski definition) is 4. The van der Waals surface area contributed by atoms with E-state index >= 15 is 0 Å². The first-order valence-electron chi connectivity index (χ1n) is 10.4. The summed E-state index contributed by atoms with van der Waals surface area (Å²) in [4.78, 5) is 35.1. The van der Waals surface area contributed by atoms with Gasteiger partial charge in [-0.05, 0) is 24.5 Å². The van der Waals surface area contributed by atoms with Gasteiger partial charge in [0.15, 0.2) is 6.10 Å². The van der Waals surface area contributed by atoms with E-state index in [4.69, 9.17) is 16.6 Å². The molecule has 1 saturated carbocycles. The molecule has 6 nitrogen and oxygen atoms in total.